The Bertz CT molecular complexity index is 1500. The maximum Gasteiger partial charge on any atom is 0.179 e. The molecule has 0 amide bonds. The molecule has 3 aromatic rings. The third-order valence-electron chi connectivity index (χ3n) is 9.50. The topological polar surface area (TPSA) is 81.5 Å². The first-order valence-corrected chi connectivity index (χ1v) is 15.4. The van der Waals surface area contributed by atoms with Gasteiger partial charge in [-0.05, 0) is 94.6 Å². The van der Waals surface area contributed by atoms with Gasteiger partial charge in [0.1, 0.15) is 5.60 Å². The van der Waals surface area contributed by atoms with Gasteiger partial charge in [-0.1, -0.05) is 36.8 Å². The molecule has 214 valence electrons. The molecule has 4 heterocycles. The number of hydrogen-bond acceptors (Lipinski definition) is 7. The number of aliphatic imine (C=N–C) groups is 1. The van der Waals surface area contributed by atoms with Crippen LogP contribution < -0.4 is 0 Å². The molecule has 7 rings (SSSR count). The van der Waals surface area contributed by atoms with Gasteiger partial charge in [-0.25, -0.2) is 4.99 Å². The van der Waals surface area contributed by atoms with Crippen LogP contribution in [0.4, 0.5) is 0 Å². The molecule has 8 heteroatoms. The van der Waals surface area contributed by atoms with Gasteiger partial charge in [-0.15, -0.1) is 5.11 Å². The summed E-state index contributed by atoms with van der Waals surface area (Å²) < 4.78 is 6.96. The van der Waals surface area contributed by atoms with Crippen LogP contribution in [0, 0.1) is 0 Å². The van der Waals surface area contributed by atoms with Crippen LogP contribution in [0.15, 0.2) is 63.8 Å². The highest BCUT2D eigenvalue weighted by Crippen LogP contribution is 2.40. The fourth-order valence-corrected chi connectivity index (χ4v) is 7.03. The Kier molecular flexibility index (Phi) is 7.09. The van der Waals surface area contributed by atoms with Crippen molar-refractivity contribution >= 4 is 22.8 Å². The number of ether oxygens (including phenoxy) is 1. The molecule has 2 unspecified atom stereocenters. The largest absolute Gasteiger partial charge is 0.363 e. The van der Waals surface area contributed by atoms with Crippen molar-refractivity contribution in [2.75, 3.05) is 39.3 Å². The summed E-state index contributed by atoms with van der Waals surface area (Å²) in [6.45, 7) is 10.5. The van der Waals surface area contributed by atoms with Gasteiger partial charge in [-0.3, -0.25) is 14.9 Å². The highest BCUT2D eigenvalue weighted by molar-refractivity contribution is 6.03. The Labute approximate surface area is 242 Å². The summed E-state index contributed by atoms with van der Waals surface area (Å²) in [4.78, 5) is 9.91. The zero-order valence-electron chi connectivity index (χ0n) is 24.4. The van der Waals surface area contributed by atoms with Gasteiger partial charge < -0.3 is 4.74 Å². The smallest absolute Gasteiger partial charge is 0.179 e. The molecule has 41 heavy (non-hydrogen) atoms. The van der Waals surface area contributed by atoms with E-state index in [0.717, 1.165) is 61.3 Å². The van der Waals surface area contributed by atoms with Crippen LogP contribution in [0.2, 0.25) is 0 Å². The normalized spacial score (nSPS) is 26.1. The average molecular weight is 552 g/mol. The molecule has 4 aliphatic rings. The van der Waals surface area contributed by atoms with Gasteiger partial charge in [0, 0.05) is 36.0 Å². The van der Waals surface area contributed by atoms with Crippen LogP contribution in [0.5, 0.6) is 0 Å². The van der Waals surface area contributed by atoms with Crippen LogP contribution in [-0.4, -0.2) is 76.9 Å². The van der Waals surface area contributed by atoms with Crippen LogP contribution >= 0.6 is 0 Å². The maximum absolute atomic E-state index is 6.96. The van der Waals surface area contributed by atoms with E-state index in [2.05, 4.69) is 93.6 Å². The van der Waals surface area contributed by atoms with Crippen molar-refractivity contribution in [2.24, 2.45) is 15.2 Å². The first-order valence-electron chi connectivity index (χ1n) is 15.4. The minimum atomic E-state index is -0.640. The number of aromatic amines is 1. The molecule has 2 saturated heterocycles. The monoisotopic (exact) mass is 551 g/mol. The van der Waals surface area contributed by atoms with Crippen LogP contribution in [-0.2, 0) is 16.8 Å². The second kappa shape index (κ2) is 10.9. The highest BCUT2D eigenvalue weighted by atomic mass is 16.5. The molecule has 2 aromatic carbocycles. The van der Waals surface area contributed by atoms with Crippen molar-refractivity contribution in [1.29, 1.82) is 0 Å². The number of H-pyrrole nitrogens is 1. The van der Waals surface area contributed by atoms with E-state index in [1.807, 2.05) is 0 Å². The Morgan fingerprint density at radius 2 is 1.88 bits per heavy atom. The molecule has 1 N–H and O–H groups in total. The molecular weight excluding hydrogens is 510 g/mol. The van der Waals surface area contributed by atoms with Crippen molar-refractivity contribution < 1.29 is 4.74 Å². The van der Waals surface area contributed by atoms with E-state index < -0.39 is 5.60 Å². The number of amidine groups is 1. The molecule has 0 spiro atoms. The lowest BCUT2D eigenvalue weighted by atomic mass is 9.82. The number of aromatic nitrogens is 2. The van der Waals surface area contributed by atoms with Crippen molar-refractivity contribution in [3.63, 3.8) is 0 Å². The average Bonchev–Trinajstić information content (AvgIpc) is 3.75. The number of rotatable bonds is 8. The lowest BCUT2D eigenvalue weighted by Gasteiger charge is -2.43. The predicted octanol–water partition coefficient (Wildman–Crippen LogP) is 5.94. The Morgan fingerprint density at radius 3 is 2.76 bits per heavy atom. The fourth-order valence-electron chi connectivity index (χ4n) is 7.03. The number of nitrogens with zero attached hydrogens (tertiary/aromatic N) is 6. The molecule has 2 fully saturated rings. The summed E-state index contributed by atoms with van der Waals surface area (Å²) in [5.74, 6) is 0.704. The van der Waals surface area contributed by atoms with Gasteiger partial charge in [0.25, 0.3) is 0 Å². The summed E-state index contributed by atoms with van der Waals surface area (Å²) in [5.41, 5.74) is 4.98. The van der Waals surface area contributed by atoms with Gasteiger partial charge in [0.2, 0.25) is 0 Å². The fraction of sp³-hybridized carbons (Fsp3) is 0.515. The number of hydrogen-bond donors (Lipinski definition) is 1. The molecular formula is C33H41N7O. The van der Waals surface area contributed by atoms with Crippen molar-refractivity contribution in [3.8, 4) is 0 Å². The van der Waals surface area contributed by atoms with Gasteiger partial charge in [0.05, 0.1) is 17.8 Å². The number of azo groups is 1. The molecule has 2 atom stereocenters. The van der Waals surface area contributed by atoms with E-state index >= 15 is 0 Å². The zero-order chi connectivity index (χ0) is 27.9. The molecule has 0 bridgehead atoms. The van der Waals surface area contributed by atoms with Gasteiger partial charge >= 0.3 is 0 Å². The number of nitrogens with one attached hydrogen (secondary N) is 1. The third kappa shape index (κ3) is 5.29. The minimum absolute atomic E-state index is 0.117. The SMILES string of the molecule is CC1(C)CCCCN1CCOC1(c2[nH]nc3ccc(C4=NC(CN5CCCC5)N=N4)cc23)C=Cc2ccccc2C1. The Balaban J connectivity index is 1.19. The van der Waals surface area contributed by atoms with E-state index in [4.69, 9.17) is 14.8 Å². The lowest BCUT2D eigenvalue weighted by Crippen LogP contribution is -2.49. The van der Waals surface area contributed by atoms with Crippen molar-refractivity contribution in [3.05, 3.63) is 70.9 Å². The van der Waals surface area contributed by atoms with Crippen LogP contribution in [0.3, 0.4) is 0 Å². The Hall–Kier alpha value is -3.20. The summed E-state index contributed by atoms with van der Waals surface area (Å²) in [7, 11) is 0. The van der Waals surface area contributed by atoms with Crippen molar-refractivity contribution in [2.45, 2.75) is 69.7 Å². The summed E-state index contributed by atoms with van der Waals surface area (Å²) in [5, 5.41) is 18.1. The van der Waals surface area contributed by atoms with Crippen LogP contribution in [0.25, 0.3) is 17.0 Å². The highest BCUT2D eigenvalue weighted by Gasteiger charge is 2.38. The summed E-state index contributed by atoms with van der Waals surface area (Å²) in [6, 6.07) is 14.9. The molecule has 1 aliphatic carbocycles. The number of fused-ring (bicyclic) bond motifs is 2. The standard InChI is InChI=1S/C33H41N7O/c1-32(2)14-5-6-18-40(32)19-20-41-33(15-13-24-9-3-4-10-26(24)22-33)30-27-21-25(11-12-28(27)35-37-30)31-34-29(36-38-31)23-39-16-7-8-17-39/h3-4,9-13,15,21,29H,5-8,14,16-20,22-23H2,1-2H3,(H,35,37). The van der Waals surface area contributed by atoms with E-state index in [0.29, 0.717) is 12.4 Å². The molecule has 0 radical (unpaired) electrons. The first kappa shape index (κ1) is 26.7. The predicted molar refractivity (Wildman–Crippen MR) is 163 cm³/mol. The molecule has 0 saturated carbocycles. The Morgan fingerprint density at radius 1 is 1.02 bits per heavy atom. The quantitative estimate of drug-likeness (QED) is 0.376. The number of benzene rings is 2. The zero-order valence-corrected chi connectivity index (χ0v) is 24.4. The third-order valence-corrected chi connectivity index (χ3v) is 9.50. The van der Waals surface area contributed by atoms with E-state index in [9.17, 15) is 0 Å². The second-order valence-corrected chi connectivity index (χ2v) is 12.7. The van der Waals surface area contributed by atoms with E-state index in [1.54, 1.807) is 0 Å². The van der Waals surface area contributed by atoms with Gasteiger partial charge in [-0.2, -0.15) is 10.2 Å². The maximum atomic E-state index is 6.96. The first-order chi connectivity index (χ1) is 20.0. The van der Waals surface area contributed by atoms with E-state index in [-0.39, 0.29) is 11.7 Å². The lowest BCUT2D eigenvalue weighted by molar-refractivity contribution is -0.0403. The summed E-state index contributed by atoms with van der Waals surface area (Å²) in [6.07, 6.45) is 11.4. The second-order valence-electron chi connectivity index (χ2n) is 12.7. The molecule has 1 aromatic heterocycles. The van der Waals surface area contributed by atoms with Crippen molar-refractivity contribution in [1.82, 2.24) is 20.0 Å². The molecule has 8 nitrogen and oxygen atoms in total. The van der Waals surface area contributed by atoms with Crippen LogP contribution in [0.1, 0.15) is 68.3 Å². The van der Waals surface area contributed by atoms with E-state index in [1.165, 1.54) is 43.2 Å². The summed E-state index contributed by atoms with van der Waals surface area (Å²) >= 11 is 0. The molecule has 3 aliphatic heterocycles. The number of piperidine rings is 1. The minimum Gasteiger partial charge on any atom is -0.363 e. The van der Waals surface area contributed by atoms with Gasteiger partial charge in [0.15, 0.2) is 12.0 Å². The number of likely N-dealkylation sites (tertiary alicyclic amines) is 2.